The van der Waals surface area contributed by atoms with Crippen LogP contribution < -0.4 is 20.8 Å². The van der Waals surface area contributed by atoms with Crippen molar-refractivity contribution in [1.82, 2.24) is 10.6 Å². The van der Waals surface area contributed by atoms with Gasteiger partial charge >= 0.3 is 16.8 Å². The van der Waals surface area contributed by atoms with Gasteiger partial charge in [-0.1, -0.05) is 0 Å². The fourth-order valence-electron chi connectivity index (χ4n) is 9.12. The maximum atomic E-state index is 12.0. The number of fused-ring (bicyclic) bond motifs is 12. The Balaban J connectivity index is 0.000000148. The molecular formula is C40H42CoN8O4. The summed E-state index contributed by atoms with van der Waals surface area (Å²) < 4.78 is 0. The van der Waals surface area contributed by atoms with Crippen molar-refractivity contribution in [3.05, 3.63) is 70.6 Å². The van der Waals surface area contributed by atoms with Crippen molar-refractivity contribution in [2.75, 3.05) is 0 Å². The smallest absolute Gasteiger partial charge is 0.547 e. The van der Waals surface area contributed by atoms with Crippen LogP contribution >= 0.6 is 0 Å². The fraction of sp³-hybridized carbons (Fsp3) is 0.500. The van der Waals surface area contributed by atoms with Gasteiger partial charge in [0.05, 0.1) is 24.0 Å². The minimum atomic E-state index is -1.21. The van der Waals surface area contributed by atoms with E-state index in [0.717, 1.165) is 121 Å². The van der Waals surface area contributed by atoms with Crippen molar-refractivity contribution >= 4 is 46.2 Å². The number of hydrogen-bond acceptors (Lipinski definition) is 12. The number of aliphatic carboxylic acids is 2. The molecule has 0 amide bonds. The van der Waals surface area contributed by atoms with Gasteiger partial charge < -0.3 is 30.4 Å². The number of rotatable bonds is 2. The zero-order valence-electron chi connectivity index (χ0n) is 29.6. The van der Waals surface area contributed by atoms with Crippen LogP contribution in [0.2, 0.25) is 0 Å². The molecule has 10 rings (SSSR count). The van der Waals surface area contributed by atoms with E-state index in [2.05, 4.69) is 32.8 Å². The molecule has 16 bridgehead atoms. The molecule has 0 aliphatic carbocycles. The van der Waals surface area contributed by atoms with Crippen LogP contribution in [0.1, 0.15) is 103 Å². The second kappa shape index (κ2) is 14.1. The minimum absolute atomic E-state index is 0. The van der Waals surface area contributed by atoms with Gasteiger partial charge in [-0.05, 0) is 139 Å². The number of hydrogen-bond donors (Lipinski definition) is 2. The van der Waals surface area contributed by atoms with Gasteiger partial charge in [0, 0.05) is 68.5 Å². The maximum Gasteiger partial charge on any atom is 2.00 e. The quantitative estimate of drug-likeness (QED) is 0.437. The molecule has 4 atom stereocenters. The number of aliphatic imine (C=N–C) groups is 6. The van der Waals surface area contributed by atoms with Crippen LogP contribution in [0.5, 0.6) is 0 Å². The summed E-state index contributed by atoms with van der Waals surface area (Å²) in [4.78, 5) is 52.3. The standard InChI is InChI=1S/2C20H22N4O2.Co/c2*25-19(26)20-8-7-17(24-20)11-15-4-3-13(22-15)9-12-1-2-14(21-12)10-16-5-6-18(20)23-16;/h2*9-11,18,22H,1-8H2,(H,25,26);/q;;+2/p-2. The van der Waals surface area contributed by atoms with Gasteiger partial charge in [-0.2, -0.15) is 0 Å². The molecule has 0 aromatic carbocycles. The molecule has 10 aliphatic heterocycles. The van der Waals surface area contributed by atoms with Crippen LogP contribution in [0.25, 0.3) is 0 Å². The van der Waals surface area contributed by atoms with Crippen LogP contribution in [0.3, 0.4) is 0 Å². The number of carbonyl (C=O) groups is 2. The van der Waals surface area contributed by atoms with E-state index >= 15 is 0 Å². The van der Waals surface area contributed by atoms with E-state index in [9.17, 15) is 19.8 Å². The van der Waals surface area contributed by atoms with Gasteiger partial charge in [0.15, 0.2) is 0 Å². The zero-order valence-corrected chi connectivity index (χ0v) is 30.6. The molecule has 53 heavy (non-hydrogen) atoms. The van der Waals surface area contributed by atoms with Crippen molar-refractivity contribution in [3.63, 3.8) is 0 Å². The molecule has 2 fully saturated rings. The summed E-state index contributed by atoms with van der Waals surface area (Å²) in [5.41, 5.74) is 9.99. The first-order chi connectivity index (χ1) is 25.2. The van der Waals surface area contributed by atoms with E-state index in [-0.39, 0.29) is 28.9 Å². The molecule has 4 unspecified atom stereocenters. The number of allylic oxidation sites excluding steroid dienone is 12. The number of nitrogens with zero attached hydrogens (tertiary/aromatic N) is 6. The molecule has 1 radical (unpaired) electrons. The van der Waals surface area contributed by atoms with E-state index in [4.69, 9.17) is 20.0 Å². The minimum Gasteiger partial charge on any atom is -0.547 e. The summed E-state index contributed by atoms with van der Waals surface area (Å²) in [6, 6.07) is -0.675. The summed E-state index contributed by atoms with van der Waals surface area (Å²) in [6.07, 6.45) is 25.1. The number of carboxylic acid groups (broad SMARTS) is 2. The third-order valence-electron chi connectivity index (χ3n) is 11.9. The van der Waals surface area contributed by atoms with E-state index in [0.29, 0.717) is 38.5 Å². The Morgan fingerprint density at radius 3 is 1.30 bits per heavy atom. The van der Waals surface area contributed by atoms with E-state index in [1.165, 1.54) is 11.4 Å². The van der Waals surface area contributed by atoms with Crippen molar-refractivity contribution in [1.29, 1.82) is 0 Å². The molecule has 12 nitrogen and oxygen atoms in total. The molecule has 275 valence electrons. The van der Waals surface area contributed by atoms with Crippen LogP contribution in [-0.2, 0) is 26.4 Å². The molecule has 10 aliphatic rings. The average molecular weight is 758 g/mol. The molecule has 10 heterocycles. The second-order valence-electron chi connectivity index (χ2n) is 15.4. The van der Waals surface area contributed by atoms with Gasteiger partial charge in [-0.15, -0.1) is 0 Å². The van der Waals surface area contributed by atoms with Gasteiger partial charge in [0.2, 0.25) is 0 Å². The second-order valence-corrected chi connectivity index (χ2v) is 15.4. The van der Waals surface area contributed by atoms with E-state index in [1.807, 2.05) is 24.3 Å². The van der Waals surface area contributed by atoms with E-state index < -0.39 is 23.0 Å². The molecule has 0 aromatic heterocycles. The van der Waals surface area contributed by atoms with Crippen molar-refractivity contribution in [3.8, 4) is 0 Å². The maximum absolute atomic E-state index is 12.0. The zero-order chi connectivity index (χ0) is 35.5. The summed E-state index contributed by atoms with van der Waals surface area (Å²) in [5, 5.41) is 31.0. The summed E-state index contributed by atoms with van der Waals surface area (Å²) >= 11 is 0. The molecule has 13 heteroatoms. The van der Waals surface area contributed by atoms with Crippen LogP contribution in [-0.4, -0.2) is 69.4 Å². The SMILES string of the molecule is O=C([O-])C12CCC(=N1)C=C1CCC(=CC3=NC(=CC4=NC2CC4)CC3)N1.O=C([O-])C12CCC(=N1)C=C1CCC(=CC3=NC(=CC4=NC2CC4)CC3)N1.[Co+2]. The van der Waals surface area contributed by atoms with Crippen LogP contribution in [0, 0.1) is 0 Å². The number of nitrogens with one attached hydrogen (secondary N) is 2. The fourth-order valence-corrected chi connectivity index (χ4v) is 9.12. The van der Waals surface area contributed by atoms with Crippen molar-refractivity contribution in [2.24, 2.45) is 30.0 Å². The van der Waals surface area contributed by atoms with Crippen molar-refractivity contribution < 1.29 is 36.6 Å². The first kappa shape index (κ1) is 35.5. The van der Waals surface area contributed by atoms with Gasteiger partial charge in [0.25, 0.3) is 0 Å². The number of carbonyl (C=O) groups excluding carboxylic acids is 2. The molecule has 2 N–H and O–H groups in total. The Morgan fingerprint density at radius 2 is 0.906 bits per heavy atom. The molecule has 0 aromatic rings. The Kier molecular flexibility index (Phi) is 9.42. The Hall–Kier alpha value is -4.49. The predicted molar refractivity (Wildman–Crippen MR) is 196 cm³/mol. The molecular weight excluding hydrogens is 715 g/mol. The monoisotopic (exact) mass is 757 g/mol. The molecule has 0 spiro atoms. The molecule has 0 saturated carbocycles. The Labute approximate surface area is 318 Å². The topological polar surface area (TPSA) is 178 Å². The molecule has 2 saturated heterocycles. The Morgan fingerprint density at radius 1 is 0.509 bits per heavy atom. The predicted octanol–water partition coefficient (Wildman–Crippen LogP) is 3.19. The van der Waals surface area contributed by atoms with Gasteiger partial charge in [-0.3, -0.25) is 30.0 Å². The van der Waals surface area contributed by atoms with Gasteiger partial charge in [-0.25, -0.2) is 0 Å². The van der Waals surface area contributed by atoms with Gasteiger partial charge in [0.1, 0.15) is 11.1 Å². The first-order valence-corrected chi connectivity index (χ1v) is 18.9. The summed E-state index contributed by atoms with van der Waals surface area (Å²) in [6.45, 7) is 0. The van der Waals surface area contributed by atoms with Crippen LogP contribution in [0.15, 0.2) is 101 Å². The average Bonchev–Trinajstić information content (AvgIpc) is 3.96. The summed E-state index contributed by atoms with van der Waals surface area (Å²) in [5.74, 6) is -2.20. The normalized spacial score (nSPS) is 31.8. The number of carboxylic acids is 2. The summed E-state index contributed by atoms with van der Waals surface area (Å²) in [7, 11) is 0. The van der Waals surface area contributed by atoms with E-state index in [1.54, 1.807) is 0 Å². The largest absolute Gasteiger partial charge is 2.00 e. The first-order valence-electron chi connectivity index (χ1n) is 18.9. The third-order valence-corrected chi connectivity index (χ3v) is 11.9. The van der Waals surface area contributed by atoms with Crippen LogP contribution in [0.4, 0.5) is 0 Å². The third kappa shape index (κ3) is 6.89. The van der Waals surface area contributed by atoms with Crippen molar-refractivity contribution in [2.45, 2.75) is 126 Å². The Bertz CT molecular complexity index is 1900.